The molecule has 14 heavy (non-hydrogen) atoms. The first-order valence-electron chi connectivity index (χ1n) is 4.36. The van der Waals surface area contributed by atoms with E-state index in [2.05, 4.69) is 10.3 Å². The largest absolute Gasteiger partial charge is 0.369 e. The van der Waals surface area contributed by atoms with Crippen LogP contribution in [0, 0.1) is 0 Å². The quantitative estimate of drug-likeness (QED) is 0.576. The molecule has 1 aliphatic heterocycles. The molecule has 1 aromatic heterocycles. The number of H-pyrrole nitrogens is 1. The second-order valence-electron chi connectivity index (χ2n) is 3.36. The summed E-state index contributed by atoms with van der Waals surface area (Å²) < 4.78 is 0. The van der Waals surface area contributed by atoms with Crippen LogP contribution in [0.25, 0.3) is 10.9 Å². The Labute approximate surface area is 79.2 Å². The Morgan fingerprint density at radius 2 is 2.21 bits per heavy atom. The molecule has 4 nitrogen and oxygen atoms in total. The van der Waals surface area contributed by atoms with Crippen LogP contribution in [0.4, 0.5) is 5.69 Å². The van der Waals surface area contributed by atoms with Crippen molar-refractivity contribution in [3.05, 3.63) is 40.2 Å². The summed E-state index contributed by atoms with van der Waals surface area (Å²) in [5.74, 6) is 0. The molecule has 1 atom stereocenters. The number of aromatic amines is 1. The Bertz CT molecular complexity index is 574. The Morgan fingerprint density at radius 1 is 1.36 bits per heavy atom. The predicted octanol–water partition coefficient (Wildman–Crippen LogP) is 0.944. The second-order valence-corrected chi connectivity index (χ2v) is 3.36. The lowest BCUT2D eigenvalue weighted by atomic mass is 10.1. The molecule has 1 aromatic carbocycles. The van der Waals surface area contributed by atoms with Gasteiger partial charge in [-0.2, -0.15) is 0 Å². The second kappa shape index (κ2) is 2.36. The number of aromatic nitrogens is 1. The summed E-state index contributed by atoms with van der Waals surface area (Å²) in [5.41, 5.74) is 2.09. The first-order valence-corrected chi connectivity index (χ1v) is 4.36. The SMILES string of the molecule is O=c1cc2c3c(cccc3[nH]1)NC2O. The van der Waals surface area contributed by atoms with Crippen molar-refractivity contribution in [1.82, 2.24) is 4.98 Å². The maximum Gasteiger partial charge on any atom is 0.248 e. The zero-order chi connectivity index (χ0) is 9.71. The van der Waals surface area contributed by atoms with Crippen LogP contribution in [0.1, 0.15) is 11.8 Å². The lowest BCUT2D eigenvalue weighted by Crippen LogP contribution is -2.08. The number of pyridine rings is 1. The molecule has 0 saturated carbocycles. The highest BCUT2D eigenvalue weighted by atomic mass is 16.3. The number of aliphatic hydroxyl groups is 1. The van der Waals surface area contributed by atoms with Crippen molar-refractivity contribution in [1.29, 1.82) is 0 Å². The molecule has 3 rings (SSSR count). The van der Waals surface area contributed by atoms with Gasteiger partial charge in [0.15, 0.2) is 6.23 Å². The van der Waals surface area contributed by atoms with Crippen LogP contribution in [0.5, 0.6) is 0 Å². The average Bonchev–Trinajstić information content (AvgIpc) is 2.45. The van der Waals surface area contributed by atoms with Gasteiger partial charge in [0, 0.05) is 22.7 Å². The van der Waals surface area contributed by atoms with E-state index in [0.717, 1.165) is 16.6 Å². The smallest absolute Gasteiger partial charge is 0.248 e. The highest BCUT2D eigenvalue weighted by Gasteiger charge is 2.21. The highest BCUT2D eigenvalue weighted by molar-refractivity contribution is 5.97. The van der Waals surface area contributed by atoms with Gasteiger partial charge in [0.05, 0.1) is 5.52 Å². The molecule has 4 heteroatoms. The van der Waals surface area contributed by atoms with Gasteiger partial charge in [-0.25, -0.2) is 0 Å². The molecular formula is C10H8N2O2. The lowest BCUT2D eigenvalue weighted by molar-refractivity contribution is 0.213. The van der Waals surface area contributed by atoms with Crippen molar-refractivity contribution in [2.45, 2.75) is 6.23 Å². The maximum absolute atomic E-state index is 11.2. The summed E-state index contributed by atoms with van der Waals surface area (Å²) in [7, 11) is 0. The standard InChI is InChI=1S/C10H8N2O2/c13-8-4-5-9-6(11-8)2-1-3-7(9)12-10(5)14/h1-4,10,12,14H,(H,11,13). The first-order chi connectivity index (χ1) is 6.75. The maximum atomic E-state index is 11.2. The van der Waals surface area contributed by atoms with E-state index in [9.17, 15) is 9.90 Å². The van der Waals surface area contributed by atoms with Crippen LogP contribution in [0.15, 0.2) is 29.1 Å². The molecule has 1 aliphatic rings. The third-order valence-corrected chi connectivity index (χ3v) is 2.48. The normalized spacial score (nSPS) is 18.5. The van der Waals surface area contributed by atoms with E-state index in [1.54, 1.807) is 0 Å². The van der Waals surface area contributed by atoms with Gasteiger partial charge in [0.2, 0.25) is 5.56 Å². The van der Waals surface area contributed by atoms with Crippen molar-refractivity contribution in [2.24, 2.45) is 0 Å². The number of hydrogen-bond acceptors (Lipinski definition) is 3. The van der Waals surface area contributed by atoms with E-state index in [0.29, 0.717) is 5.56 Å². The zero-order valence-corrected chi connectivity index (χ0v) is 7.24. The van der Waals surface area contributed by atoms with E-state index < -0.39 is 6.23 Å². The molecule has 0 saturated heterocycles. The van der Waals surface area contributed by atoms with E-state index in [4.69, 9.17) is 0 Å². The van der Waals surface area contributed by atoms with Crippen LogP contribution in [-0.2, 0) is 0 Å². The fraction of sp³-hybridized carbons (Fsp3) is 0.100. The Balaban J connectivity index is 2.56. The Morgan fingerprint density at radius 3 is 3.07 bits per heavy atom. The van der Waals surface area contributed by atoms with Crippen LogP contribution in [0.3, 0.4) is 0 Å². The summed E-state index contributed by atoms with van der Waals surface area (Å²) in [6.45, 7) is 0. The van der Waals surface area contributed by atoms with Gasteiger partial charge in [-0.3, -0.25) is 4.79 Å². The number of benzene rings is 1. The lowest BCUT2D eigenvalue weighted by Gasteiger charge is -2.02. The molecular weight excluding hydrogens is 180 g/mol. The van der Waals surface area contributed by atoms with Crippen molar-refractivity contribution in [2.75, 3.05) is 5.32 Å². The van der Waals surface area contributed by atoms with E-state index in [1.165, 1.54) is 6.07 Å². The third kappa shape index (κ3) is 0.831. The zero-order valence-electron chi connectivity index (χ0n) is 7.24. The molecule has 2 aromatic rings. The fourth-order valence-electron chi connectivity index (χ4n) is 1.91. The number of rotatable bonds is 0. The number of nitrogens with one attached hydrogen (secondary N) is 2. The van der Waals surface area contributed by atoms with Crippen molar-refractivity contribution >= 4 is 16.6 Å². The van der Waals surface area contributed by atoms with E-state index >= 15 is 0 Å². The minimum absolute atomic E-state index is 0.188. The molecule has 0 amide bonds. The number of hydrogen-bond donors (Lipinski definition) is 3. The minimum Gasteiger partial charge on any atom is -0.369 e. The van der Waals surface area contributed by atoms with Crippen LogP contribution >= 0.6 is 0 Å². The van der Waals surface area contributed by atoms with E-state index in [1.807, 2.05) is 18.2 Å². The monoisotopic (exact) mass is 188 g/mol. The van der Waals surface area contributed by atoms with Crippen molar-refractivity contribution in [3.63, 3.8) is 0 Å². The van der Waals surface area contributed by atoms with Gasteiger partial charge in [-0.05, 0) is 12.1 Å². The van der Waals surface area contributed by atoms with Crippen LogP contribution in [-0.4, -0.2) is 10.1 Å². The Hall–Kier alpha value is -1.81. The molecule has 0 bridgehead atoms. The summed E-state index contributed by atoms with van der Waals surface area (Å²) in [6, 6.07) is 6.96. The third-order valence-electron chi connectivity index (χ3n) is 2.48. The molecule has 2 heterocycles. The fourth-order valence-corrected chi connectivity index (χ4v) is 1.91. The molecule has 70 valence electrons. The molecule has 3 N–H and O–H groups in total. The number of anilines is 1. The molecule has 0 spiro atoms. The molecule has 1 unspecified atom stereocenters. The van der Waals surface area contributed by atoms with Gasteiger partial charge < -0.3 is 15.4 Å². The average molecular weight is 188 g/mol. The van der Waals surface area contributed by atoms with Crippen LogP contribution < -0.4 is 10.9 Å². The topological polar surface area (TPSA) is 65.1 Å². The van der Waals surface area contributed by atoms with Crippen molar-refractivity contribution in [3.8, 4) is 0 Å². The van der Waals surface area contributed by atoms with Gasteiger partial charge in [0.25, 0.3) is 0 Å². The van der Waals surface area contributed by atoms with Crippen LogP contribution in [0.2, 0.25) is 0 Å². The summed E-state index contributed by atoms with van der Waals surface area (Å²) >= 11 is 0. The molecule has 0 aliphatic carbocycles. The predicted molar refractivity (Wildman–Crippen MR) is 53.2 cm³/mol. The van der Waals surface area contributed by atoms with Gasteiger partial charge >= 0.3 is 0 Å². The van der Waals surface area contributed by atoms with Gasteiger partial charge in [-0.15, -0.1) is 0 Å². The van der Waals surface area contributed by atoms with Gasteiger partial charge in [0.1, 0.15) is 0 Å². The van der Waals surface area contributed by atoms with Crippen molar-refractivity contribution < 1.29 is 5.11 Å². The van der Waals surface area contributed by atoms with E-state index in [-0.39, 0.29) is 5.56 Å². The minimum atomic E-state index is -0.766. The highest BCUT2D eigenvalue weighted by Crippen LogP contribution is 2.35. The summed E-state index contributed by atoms with van der Waals surface area (Å²) in [5, 5.41) is 13.4. The molecule has 0 radical (unpaired) electrons. The Kier molecular flexibility index (Phi) is 1.28. The summed E-state index contributed by atoms with van der Waals surface area (Å²) in [4.78, 5) is 14.0. The summed E-state index contributed by atoms with van der Waals surface area (Å²) in [6.07, 6.45) is -0.766. The first kappa shape index (κ1) is 7.58. The number of aliphatic hydroxyl groups excluding tert-OH is 1. The molecule has 0 fully saturated rings. The van der Waals surface area contributed by atoms with Gasteiger partial charge in [-0.1, -0.05) is 6.07 Å².